The van der Waals surface area contributed by atoms with Crippen LogP contribution in [0.3, 0.4) is 0 Å². The van der Waals surface area contributed by atoms with Gasteiger partial charge in [-0.2, -0.15) is 0 Å². The molecule has 0 heterocycles. The maximum Gasteiger partial charge on any atom is 0.320 e. The van der Waals surface area contributed by atoms with Gasteiger partial charge >= 0.3 is 5.97 Å². The molecule has 14 heavy (non-hydrogen) atoms. The van der Waals surface area contributed by atoms with Crippen molar-refractivity contribution < 1.29 is 14.1 Å². The molecule has 0 aromatic rings. The van der Waals surface area contributed by atoms with Gasteiger partial charge in [-0.15, -0.1) is 0 Å². The molecule has 0 aromatic heterocycles. The average molecular weight is 222 g/mol. The Morgan fingerprint density at radius 1 is 1.64 bits per heavy atom. The number of hydrogen-bond donors (Lipinski definition) is 3. The van der Waals surface area contributed by atoms with Gasteiger partial charge in [-0.1, -0.05) is 13.3 Å². The fourth-order valence-corrected chi connectivity index (χ4v) is 2.26. The quantitative estimate of drug-likeness (QED) is 0.529. The third-order valence-electron chi connectivity index (χ3n) is 1.77. The first kappa shape index (κ1) is 13.4. The third kappa shape index (κ3) is 5.95. The Morgan fingerprint density at radius 3 is 2.64 bits per heavy atom. The van der Waals surface area contributed by atoms with Crippen molar-refractivity contribution in [3.05, 3.63) is 0 Å². The summed E-state index contributed by atoms with van der Waals surface area (Å²) in [6.45, 7) is 1.97. The molecule has 1 unspecified atom stereocenters. The molecule has 0 amide bonds. The first-order valence-electron chi connectivity index (χ1n) is 4.50. The fourth-order valence-electron chi connectivity index (χ4n) is 0.821. The van der Waals surface area contributed by atoms with Crippen LogP contribution >= 0.6 is 0 Å². The lowest BCUT2D eigenvalue weighted by Crippen LogP contribution is -2.32. The van der Waals surface area contributed by atoms with Crippen LogP contribution in [-0.4, -0.2) is 32.4 Å². The molecule has 0 fully saturated rings. The SMILES string of the molecule is CCCCS(N)(=O)=CC[C@@H](N)C(=O)O. The molecule has 2 atom stereocenters. The molecule has 5 nitrogen and oxygen atoms in total. The van der Waals surface area contributed by atoms with Gasteiger partial charge in [0.15, 0.2) is 0 Å². The summed E-state index contributed by atoms with van der Waals surface area (Å²) in [6, 6.07) is -1.01. The Morgan fingerprint density at radius 2 is 2.21 bits per heavy atom. The van der Waals surface area contributed by atoms with Crippen molar-refractivity contribution in [3.8, 4) is 0 Å². The van der Waals surface area contributed by atoms with E-state index < -0.39 is 21.7 Å². The Balaban J connectivity index is 4.21. The number of carboxylic acid groups (broad SMARTS) is 1. The van der Waals surface area contributed by atoms with Crippen LogP contribution in [0.1, 0.15) is 26.2 Å². The molecular weight excluding hydrogens is 204 g/mol. The Kier molecular flexibility index (Phi) is 5.75. The number of rotatable bonds is 6. The molecule has 0 saturated heterocycles. The lowest BCUT2D eigenvalue weighted by molar-refractivity contribution is -0.138. The Labute approximate surface area is 84.6 Å². The number of nitrogens with two attached hydrogens (primary N) is 2. The maximum absolute atomic E-state index is 11.5. The Bertz CT molecular complexity index is 295. The van der Waals surface area contributed by atoms with Crippen molar-refractivity contribution in [1.82, 2.24) is 0 Å². The predicted molar refractivity (Wildman–Crippen MR) is 58.4 cm³/mol. The second-order valence-electron chi connectivity index (χ2n) is 3.18. The van der Waals surface area contributed by atoms with Crippen molar-refractivity contribution >= 4 is 21.0 Å². The van der Waals surface area contributed by atoms with E-state index in [9.17, 15) is 9.00 Å². The number of carbonyl (C=O) groups is 1. The summed E-state index contributed by atoms with van der Waals surface area (Å²) >= 11 is 0. The van der Waals surface area contributed by atoms with Gasteiger partial charge < -0.3 is 10.8 Å². The predicted octanol–water partition coefficient (Wildman–Crippen LogP) is -0.451. The molecule has 0 bridgehead atoms. The molecule has 0 aliphatic carbocycles. The van der Waals surface area contributed by atoms with Crippen LogP contribution in [0, 0.1) is 0 Å². The first-order chi connectivity index (χ1) is 6.39. The third-order valence-corrected chi connectivity index (χ3v) is 3.45. The molecule has 6 heteroatoms. The molecule has 0 saturated carbocycles. The Hall–Kier alpha value is -0.590. The molecule has 84 valence electrons. The maximum atomic E-state index is 11.5. The van der Waals surface area contributed by atoms with Crippen molar-refractivity contribution in [2.24, 2.45) is 10.9 Å². The highest BCUT2D eigenvalue weighted by Gasteiger charge is 2.10. The van der Waals surface area contributed by atoms with E-state index in [0.29, 0.717) is 5.75 Å². The van der Waals surface area contributed by atoms with Gasteiger partial charge in [-0.05, 0) is 11.8 Å². The lowest BCUT2D eigenvalue weighted by Gasteiger charge is -2.06. The molecule has 0 aliphatic rings. The van der Waals surface area contributed by atoms with Crippen LogP contribution in [-0.2, 0) is 14.5 Å². The highest BCUT2D eigenvalue weighted by molar-refractivity contribution is 7.99. The van der Waals surface area contributed by atoms with Gasteiger partial charge in [-0.25, -0.2) is 0 Å². The highest BCUT2D eigenvalue weighted by atomic mass is 32.2. The molecule has 0 radical (unpaired) electrons. The molecular formula is C8H18N2O3S. The molecule has 0 aliphatic heterocycles. The van der Waals surface area contributed by atoms with Crippen LogP contribution in [0.15, 0.2) is 0 Å². The zero-order chi connectivity index (χ0) is 11.2. The topological polar surface area (TPSA) is 106 Å². The van der Waals surface area contributed by atoms with Gasteiger partial charge in [0.1, 0.15) is 6.04 Å². The smallest absolute Gasteiger partial charge is 0.320 e. The second kappa shape index (κ2) is 6.00. The summed E-state index contributed by atoms with van der Waals surface area (Å²) in [4.78, 5) is 10.4. The van der Waals surface area contributed by atoms with Crippen LogP contribution in [0.2, 0.25) is 0 Å². The lowest BCUT2D eigenvalue weighted by atomic mass is 10.2. The standard InChI is InChI=1S/C8H18N2O3S/c1-2-3-5-14(10,13)6-4-7(9)8(11)12/h6-7H,2-5,9H2,1H3,(H2,10,13)(H,11,12)/t7-,14?/m1/s1. The van der Waals surface area contributed by atoms with Crippen LogP contribution in [0.5, 0.6) is 0 Å². The van der Waals surface area contributed by atoms with E-state index in [1.807, 2.05) is 6.92 Å². The van der Waals surface area contributed by atoms with Gasteiger partial charge in [0.05, 0.1) is 0 Å². The number of carboxylic acids is 1. The normalized spacial score (nSPS) is 17.1. The highest BCUT2D eigenvalue weighted by Crippen LogP contribution is 1.94. The monoisotopic (exact) mass is 222 g/mol. The number of aliphatic carboxylic acids is 1. The van der Waals surface area contributed by atoms with Crippen molar-refractivity contribution in [1.29, 1.82) is 0 Å². The zero-order valence-electron chi connectivity index (χ0n) is 8.31. The summed E-state index contributed by atoms with van der Waals surface area (Å²) in [5.74, 6) is -0.706. The molecule has 0 spiro atoms. The fraction of sp³-hybridized carbons (Fsp3) is 0.750. The van der Waals surface area contributed by atoms with E-state index in [-0.39, 0.29) is 6.42 Å². The van der Waals surface area contributed by atoms with Crippen molar-refractivity contribution in [3.63, 3.8) is 0 Å². The van der Waals surface area contributed by atoms with E-state index in [4.69, 9.17) is 16.0 Å². The van der Waals surface area contributed by atoms with E-state index in [1.165, 1.54) is 5.37 Å². The molecule has 0 rings (SSSR count). The minimum absolute atomic E-state index is 0.0500. The van der Waals surface area contributed by atoms with Gasteiger partial charge in [0.2, 0.25) is 0 Å². The molecule has 0 aromatic carbocycles. The van der Waals surface area contributed by atoms with Gasteiger partial charge in [0.25, 0.3) is 0 Å². The minimum atomic E-state index is -2.49. The van der Waals surface area contributed by atoms with Crippen molar-refractivity contribution in [2.45, 2.75) is 32.2 Å². The summed E-state index contributed by atoms with van der Waals surface area (Å²) in [5.41, 5.74) is 5.24. The summed E-state index contributed by atoms with van der Waals surface area (Å²) in [5, 5.41) is 15.3. The van der Waals surface area contributed by atoms with Crippen molar-refractivity contribution in [2.75, 3.05) is 5.75 Å². The summed E-state index contributed by atoms with van der Waals surface area (Å²) < 4.78 is 11.5. The van der Waals surface area contributed by atoms with E-state index >= 15 is 0 Å². The minimum Gasteiger partial charge on any atom is -0.480 e. The first-order valence-corrected chi connectivity index (χ1v) is 6.35. The van der Waals surface area contributed by atoms with E-state index in [1.54, 1.807) is 0 Å². The zero-order valence-corrected chi connectivity index (χ0v) is 9.13. The van der Waals surface area contributed by atoms with E-state index in [0.717, 1.165) is 12.8 Å². The van der Waals surface area contributed by atoms with Gasteiger partial charge in [0, 0.05) is 21.9 Å². The summed E-state index contributed by atoms with van der Waals surface area (Å²) in [7, 11) is -2.49. The number of hydrogen-bond acceptors (Lipinski definition) is 3. The number of unbranched alkanes of at least 4 members (excludes halogenated alkanes) is 1. The second-order valence-corrected chi connectivity index (χ2v) is 5.49. The summed E-state index contributed by atoms with van der Waals surface area (Å²) in [6.07, 6.45) is 1.73. The average Bonchev–Trinajstić information content (AvgIpc) is 2.11. The van der Waals surface area contributed by atoms with Gasteiger partial charge in [-0.3, -0.25) is 14.1 Å². The van der Waals surface area contributed by atoms with E-state index in [2.05, 4.69) is 0 Å². The largest absolute Gasteiger partial charge is 0.480 e. The van der Waals surface area contributed by atoms with Crippen LogP contribution in [0.25, 0.3) is 0 Å². The molecule has 5 N–H and O–H groups in total. The van der Waals surface area contributed by atoms with Crippen LogP contribution < -0.4 is 10.9 Å². The van der Waals surface area contributed by atoms with Crippen LogP contribution in [0.4, 0.5) is 0 Å².